The van der Waals surface area contributed by atoms with Gasteiger partial charge in [0.25, 0.3) is 0 Å². The van der Waals surface area contributed by atoms with Gasteiger partial charge < -0.3 is 10.1 Å². The molecule has 3 atom stereocenters. The van der Waals surface area contributed by atoms with E-state index in [1.807, 2.05) is 0 Å². The maximum atomic E-state index is 5.89. The van der Waals surface area contributed by atoms with E-state index in [9.17, 15) is 0 Å². The summed E-state index contributed by atoms with van der Waals surface area (Å²) >= 11 is 0. The van der Waals surface area contributed by atoms with Gasteiger partial charge in [0.2, 0.25) is 0 Å². The Hall–Kier alpha value is -0.0800. The van der Waals surface area contributed by atoms with Gasteiger partial charge in [0.1, 0.15) is 0 Å². The third-order valence-electron chi connectivity index (χ3n) is 3.93. The van der Waals surface area contributed by atoms with Crippen LogP contribution in [0.2, 0.25) is 0 Å². The summed E-state index contributed by atoms with van der Waals surface area (Å²) in [6.07, 6.45) is 7.53. The first-order valence-electron chi connectivity index (χ1n) is 6.24. The molecule has 2 nitrogen and oxygen atoms in total. The monoisotopic (exact) mass is 197 g/mol. The summed E-state index contributed by atoms with van der Waals surface area (Å²) in [6.45, 7) is 5.37. The van der Waals surface area contributed by atoms with Crippen molar-refractivity contribution in [3.63, 3.8) is 0 Å². The smallest absolute Gasteiger partial charge is 0.0730 e. The molecule has 2 fully saturated rings. The van der Waals surface area contributed by atoms with Crippen LogP contribution in [-0.2, 0) is 4.74 Å². The van der Waals surface area contributed by atoms with E-state index < -0.39 is 0 Å². The molecule has 2 heteroatoms. The Morgan fingerprint density at radius 2 is 2.14 bits per heavy atom. The summed E-state index contributed by atoms with van der Waals surface area (Å²) in [5, 5.41) is 3.45. The second-order valence-corrected chi connectivity index (χ2v) is 4.73. The van der Waals surface area contributed by atoms with Crippen LogP contribution in [0.4, 0.5) is 0 Å². The van der Waals surface area contributed by atoms with Crippen molar-refractivity contribution >= 4 is 0 Å². The van der Waals surface area contributed by atoms with Gasteiger partial charge in [0, 0.05) is 13.1 Å². The van der Waals surface area contributed by atoms with Crippen LogP contribution < -0.4 is 5.32 Å². The molecule has 0 aromatic heterocycles. The molecule has 2 aliphatic rings. The zero-order valence-electron chi connectivity index (χ0n) is 9.30. The molecule has 0 bridgehead atoms. The van der Waals surface area contributed by atoms with Crippen LogP contribution in [0.15, 0.2) is 0 Å². The highest BCUT2D eigenvalue weighted by molar-refractivity contribution is 4.83. The van der Waals surface area contributed by atoms with E-state index in [-0.39, 0.29) is 0 Å². The average molecular weight is 197 g/mol. The van der Waals surface area contributed by atoms with Crippen LogP contribution >= 0.6 is 0 Å². The largest absolute Gasteiger partial charge is 0.375 e. The molecule has 1 N–H and O–H groups in total. The van der Waals surface area contributed by atoms with Gasteiger partial charge in [0.05, 0.1) is 12.7 Å². The predicted octanol–water partition coefficient (Wildman–Crippen LogP) is 2.19. The quantitative estimate of drug-likeness (QED) is 0.732. The van der Waals surface area contributed by atoms with E-state index in [1.54, 1.807) is 0 Å². The summed E-state index contributed by atoms with van der Waals surface area (Å²) < 4.78 is 5.89. The average Bonchev–Trinajstić information content (AvgIpc) is 2.30. The van der Waals surface area contributed by atoms with Crippen LogP contribution in [0, 0.1) is 11.8 Å². The Morgan fingerprint density at radius 3 is 2.86 bits per heavy atom. The Balaban J connectivity index is 1.91. The van der Waals surface area contributed by atoms with E-state index in [0.717, 1.165) is 31.5 Å². The molecular formula is C12H23NO. The van der Waals surface area contributed by atoms with Crippen LogP contribution in [0.1, 0.15) is 39.0 Å². The minimum atomic E-state index is 0.508. The minimum absolute atomic E-state index is 0.508. The number of morpholine rings is 1. The minimum Gasteiger partial charge on any atom is -0.375 e. The molecule has 3 unspecified atom stereocenters. The van der Waals surface area contributed by atoms with Gasteiger partial charge in [-0.15, -0.1) is 0 Å². The predicted molar refractivity (Wildman–Crippen MR) is 58.3 cm³/mol. The van der Waals surface area contributed by atoms with Crippen LogP contribution in [0.3, 0.4) is 0 Å². The van der Waals surface area contributed by atoms with Gasteiger partial charge >= 0.3 is 0 Å². The van der Waals surface area contributed by atoms with Gasteiger partial charge in [-0.25, -0.2) is 0 Å². The summed E-state index contributed by atoms with van der Waals surface area (Å²) in [6, 6.07) is 0. The highest BCUT2D eigenvalue weighted by atomic mass is 16.5. The van der Waals surface area contributed by atoms with E-state index in [0.29, 0.717) is 6.10 Å². The maximum absolute atomic E-state index is 5.89. The summed E-state index contributed by atoms with van der Waals surface area (Å²) in [7, 11) is 0. The SMILES string of the molecule is CCC1CCCCC1C1CNCCO1. The van der Waals surface area contributed by atoms with Crippen LogP contribution in [0.25, 0.3) is 0 Å². The number of hydrogen-bond donors (Lipinski definition) is 1. The third kappa shape index (κ3) is 2.29. The van der Waals surface area contributed by atoms with E-state index in [1.165, 1.54) is 32.1 Å². The highest BCUT2D eigenvalue weighted by Crippen LogP contribution is 2.35. The summed E-state index contributed by atoms with van der Waals surface area (Å²) in [4.78, 5) is 0. The summed E-state index contributed by atoms with van der Waals surface area (Å²) in [5.74, 6) is 1.76. The Bertz CT molecular complexity index is 166. The zero-order valence-corrected chi connectivity index (χ0v) is 9.30. The molecule has 1 aliphatic heterocycles. The van der Waals surface area contributed by atoms with Gasteiger partial charge in [-0.05, 0) is 18.3 Å². The third-order valence-corrected chi connectivity index (χ3v) is 3.93. The van der Waals surface area contributed by atoms with Crippen molar-refractivity contribution in [2.24, 2.45) is 11.8 Å². The molecule has 0 radical (unpaired) electrons. The van der Waals surface area contributed by atoms with Crippen LogP contribution in [0.5, 0.6) is 0 Å². The van der Waals surface area contributed by atoms with Crippen molar-refractivity contribution in [2.45, 2.75) is 45.1 Å². The highest BCUT2D eigenvalue weighted by Gasteiger charge is 2.32. The lowest BCUT2D eigenvalue weighted by Crippen LogP contribution is -2.45. The first-order chi connectivity index (χ1) is 6.92. The Labute approximate surface area is 87.4 Å². The van der Waals surface area contributed by atoms with E-state index >= 15 is 0 Å². The van der Waals surface area contributed by atoms with Crippen molar-refractivity contribution < 1.29 is 4.74 Å². The fourth-order valence-corrected chi connectivity index (χ4v) is 3.09. The van der Waals surface area contributed by atoms with Gasteiger partial charge in [-0.1, -0.05) is 32.6 Å². The molecule has 0 aromatic rings. The lowest BCUT2D eigenvalue weighted by Gasteiger charge is -2.38. The first-order valence-corrected chi connectivity index (χ1v) is 6.24. The van der Waals surface area contributed by atoms with Crippen molar-refractivity contribution in [2.75, 3.05) is 19.7 Å². The normalized spacial score (nSPS) is 39.6. The molecule has 0 amide bonds. The first kappa shape index (κ1) is 10.4. The molecule has 14 heavy (non-hydrogen) atoms. The van der Waals surface area contributed by atoms with Gasteiger partial charge in [0.15, 0.2) is 0 Å². The van der Waals surface area contributed by atoms with Crippen molar-refractivity contribution in [1.82, 2.24) is 5.32 Å². The molecule has 0 aromatic carbocycles. The van der Waals surface area contributed by atoms with E-state index in [2.05, 4.69) is 12.2 Å². The second-order valence-electron chi connectivity index (χ2n) is 4.73. The summed E-state index contributed by atoms with van der Waals surface area (Å²) in [5.41, 5.74) is 0. The Kier molecular flexibility index (Phi) is 3.82. The number of rotatable bonds is 2. The van der Waals surface area contributed by atoms with Gasteiger partial charge in [-0.2, -0.15) is 0 Å². The molecule has 1 aliphatic carbocycles. The standard InChI is InChI=1S/C12H23NO/c1-2-10-5-3-4-6-11(10)12-9-13-7-8-14-12/h10-13H,2-9H2,1H3. The van der Waals surface area contributed by atoms with Gasteiger partial charge in [-0.3, -0.25) is 0 Å². The topological polar surface area (TPSA) is 21.3 Å². The molecule has 2 rings (SSSR count). The van der Waals surface area contributed by atoms with E-state index in [4.69, 9.17) is 4.74 Å². The fourth-order valence-electron chi connectivity index (χ4n) is 3.09. The van der Waals surface area contributed by atoms with Crippen LogP contribution in [-0.4, -0.2) is 25.8 Å². The molecule has 82 valence electrons. The van der Waals surface area contributed by atoms with Crippen molar-refractivity contribution in [3.05, 3.63) is 0 Å². The maximum Gasteiger partial charge on any atom is 0.0730 e. The fraction of sp³-hybridized carbons (Fsp3) is 1.00. The molecular weight excluding hydrogens is 174 g/mol. The number of hydrogen-bond acceptors (Lipinski definition) is 2. The molecule has 0 spiro atoms. The molecule has 1 saturated heterocycles. The zero-order chi connectivity index (χ0) is 9.80. The molecule has 1 heterocycles. The number of nitrogens with one attached hydrogen (secondary N) is 1. The second kappa shape index (κ2) is 5.13. The van der Waals surface area contributed by atoms with Crippen molar-refractivity contribution in [1.29, 1.82) is 0 Å². The Morgan fingerprint density at radius 1 is 1.29 bits per heavy atom. The molecule has 1 saturated carbocycles. The van der Waals surface area contributed by atoms with Crippen molar-refractivity contribution in [3.8, 4) is 0 Å². The lowest BCUT2D eigenvalue weighted by atomic mass is 9.74. The lowest BCUT2D eigenvalue weighted by molar-refractivity contribution is -0.0383. The number of ether oxygens (including phenoxy) is 1.